The van der Waals surface area contributed by atoms with Crippen LogP contribution in [0.15, 0.2) is 23.1 Å². The molecule has 1 N–H and O–H groups in total. The van der Waals surface area contributed by atoms with Crippen LogP contribution in [0.25, 0.3) is 0 Å². The van der Waals surface area contributed by atoms with E-state index in [2.05, 4.69) is 0 Å². The smallest absolute Gasteiger partial charge is 0.242 e. The van der Waals surface area contributed by atoms with Gasteiger partial charge in [-0.2, -0.15) is 0 Å². The fourth-order valence-corrected chi connectivity index (χ4v) is 3.64. The predicted octanol–water partition coefficient (Wildman–Crippen LogP) is 2.41. The zero-order chi connectivity index (χ0) is 15.6. The van der Waals surface area contributed by atoms with Crippen LogP contribution in [-0.2, 0) is 23.1 Å². The van der Waals surface area contributed by atoms with E-state index in [1.165, 1.54) is 4.31 Å². The van der Waals surface area contributed by atoms with Crippen LogP contribution in [0.2, 0.25) is 0 Å². The second-order valence-corrected chi connectivity index (χ2v) is 8.31. The van der Waals surface area contributed by atoms with Gasteiger partial charge in [0.05, 0.1) is 11.5 Å². The van der Waals surface area contributed by atoms with E-state index in [1.54, 1.807) is 25.2 Å². The highest BCUT2D eigenvalue weighted by atomic mass is 32.2. The number of hydrogen-bond acceptors (Lipinski definition) is 3. The van der Waals surface area contributed by atoms with Gasteiger partial charge in [-0.3, -0.25) is 0 Å². The van der Waals surface area contributed by atoms with Gasteiger partial charge in [0.15, 0.2) is 0 Å². The van der Waals surface area contributed by atoms with Crippen molar-refractivity contribution in [3.63, 3.8) is 0 Å². The first kappa shape index (κ1) is 17.1. The molecular formula is C15H25NO3S. The van der Waals surface area contributed by atoms with Crippen molar-refractivity contribution in [2.24, 2.45) is 5.41 Å². The van der Waals surface area contributed by atoms with Crippen molar-refractivity contribution in [1.29, 1.82) is 0 Å². The molecule has 20 heavy (non-hydrogen) atoms. The Kier molecular flexibility index (Phi) is 5.35. The van der Waals surface area contributed by atoms with Gasteiger partial charge < -0.3 is 5.11 Å². The number of nitrogens with zero attached hydrogens (tertiary/aromatic N) is 1. The van der Waals surface area contributed by atoms with Crippen molar-refractivity contribution in [3.05, 3.63) is 29.3 Å². The molecule has 0 bridgehead atoms. The summed E-state index contributed by atoms with van der Waals surface area (Å²) in [5.74, 6) is 0. The number of benzene rings is 1. The minimum Gasteiger partial charge on any atom is -0.392 e. The van der Waals surface area contributed by atoms with Crippen LogP contribution >= 0.6 is 0 Å². The average Bonchev–Trinajstić information content (AvgIpc) is 2.35. The summed E-state index contributed by atoms with van der Waals surface area (Å²) in [7, 11) is -1.92. The number of aliphatic hydroxyl groups is 1. The predicted molar refractivity (Wildman–Crippen MR) is 81.0 cm³/mol. The van der Waals surface area contributed by atoms with E-state index in [4.69, 9.17) is 0 Å². The second kappa shape index (κ2) is 6.24. The topological polar surface area (TPSA) is 57.6 Å². The van der Waals surface area contributed by atoms with Crippen molar-refractivity contribution < 1.29 is 13.5 Å². The fourth-order valence-electron chi connectivity index (χ4n) is 2.19. The van der Waals surface area contributed by atoms with Gasteiger partial charge in [0.25, 0.3) is 0 Å². The van der Waals surface area contributed by atoms with E-state index >= 15 is 0 Å². The summed E-state index contributed by atoms with van der Waals surface area (Å²) < 4.78 is 26.4. The van der Waals surface area contributed by atoms with Crippen LogP contribution in [0.3, 0.4) is 0 Å². The molecule has 1 aromatic rings. The number of rotatable bonds is 5. The third-order valence-corrected chi connectivity index (χ3v) is 4.93. The van der Waals surface area contributed by atoms with Crippen LogP contribution in [0, 0.1) is 5.41 Å². The molecule has 0 radical (unpaired) electrons. The summed E-state index contributed by atoms with van der Waals surface area (Å²) >= 11 is 0. The van der Waals surface area contributed by atoms with E-state index in [-0.39, 0.29) is 16.9 Å². The highest BCUT2D eigenvalue weighted by molar-refractivity contribution is 7.89. The zero-order valence-electron chi connectivity index (χ0n) is 13.0. The first-order valence-corrected chi connectivity index (χ1v) is 8.25. The van der Waals surface area contributed by atoms with Crippen molar-refractivity contribution in [2.75, 3.05) is 13.6 Å². The maximum absolute atomic E-state index is 12.5. The Balaban J connectivity index is 3.16. The number of aryl methyl sites for hydroxylation is 1. The quantitative estimate of drug-likeness (QED) is 0.908. The summed E-state index contributed by atoms with van der Waals surface area (Å²) in [6, 6.07) is 4.98. The first-order chi connectivity index (χ1) is 9.11. The number of sulfonamides is 1. The highest BCUT2D eigenvalue weighted by Gasteiger charge is 2.25. The molecule has 0 aliphatic heterocycles. The second-order valence-electron chi connectivity index (χ2n) is 6.26. The van der Waals surface area contributed by atoms with Crippen molar-refractivity contribution in [1.82, 2.24) is 4.31 Å². The lowest BCUT2D eigenvalue weighted by molar-refractivity contribution is 0.280. The van der Waals surface area contributed by atoms with E-state index < -0.39 is 10.0 Å². The largest absolute Gasteiger partial charge is 0.392 e. The molecular weight excluding hydrogens is 274 g/mol. The van der Waals surface area contributed by atoms with Gasteiger partial charge in [-0.25, -0.2) is 12.7 Å². The van der Waals surface area contributed by atoms with Gasteiger partial charge in [-0.15, -0.1) is 0 Å². The van der Waals surface area contributed by atoms with Gasteiger partial charge in [-0.1, -0.05) is 33.8 Å². The van der Waals surface area contributed by atoms with Crippen LogP contribution in [0.1, 0.15) is 38.8 Å². The Bertz CT molecular complexity index is 559. The Morgan fingerprint density at radius 2 is 1.80 bits per heavy atom. The van der Waals surface area contributed by atoms with Crippen LogP contribution < -0.4 is 0 Å². The summed E-state index contributed by atoms with van der Waals surface area (Å²) in [4.78, 5) is 0.241. The molecule has 1 aromatic carbocycles. The van der Waals surface area contributed by atoms with Gasteiger partial charge in [0.1, 0.15) is 0 Å². The maximum Gasteiger partial charge on any atom is 0.242 e. The van der Waals surface area contributed by atoms with Crippen LogP contribution in [0.5, 0.6) is 0 Å². The summed E-state index contributed by atoms with van der Waals surface area (Å²) in [6.45, 7) is 8.28. The summed E-state index contributed by atoms with van der Waals surface area (Å²) in [6.07, 6.45) is 0.772. The molecule has 0 aliphatic rings. The Morgan fingerprint density at radius 3 is 2.25 bits per heavy atom. The molecule has 0 saturated heterocycles. The molecule has 0 fully saturated rings. The third-order valence-electron chi connectivity index (χ3n) is 3.13. The Labute approximate surface area is 122 Å². The molecule has 0 saturated carbocycles. The molecule has 0 spiro atoms. The Hall–Kier alpha value is -0.910. The minimum absolute atomic E-state index is 0.106. The monoisotopic (exact) mass is 299 g/mol. The molecule has 114 valence electrons. The molecule has 0 amide bonds. The lowest BCUT2D eigenvalue weighted by atomic mass is 9.97. The van der Waals surface area contributed by atoms with Crippen molar-refractivity contribution >= 4 is 10.0 Å². The van der Waals surface area contributed by atoms with E-state index in [0.717, 1.165) is 12.0 Å². The fraction of sp³-hybridized carbons (Fsp3) is 0.600. The summed E-state index contributed by atoms with van der Waals surface area (Å²) in [5.41, 5.74) is 1.55. The van der Waals surface area contributed by atoms with Crippen LogP contribution in [0.4, 0.5) is 0 Å². The number of hydrogen-bond donors (Lipinski definition) is 1. The normalized spacial score (nSPS) is 12.9. The summed E-state index contributed by atoms with van der Waals surface area (Å²) in [5, 5.41) is 9.36. The zero-order valence-corrected chi connectivity index (χ0v) is 13.8. The van der Waals surface area contributed by atoms with Crippen molar-refractivity contribution in [3.8, 4) is 0 Å². The standard InChI is InChI=1S/C15H25NO3S/c1-6-12-7-8-14(9-13(12)10-17)20(18,19)16(5)11-15(2,3)4/h7-9,17H,6,10-11H2,1-5H3. The van der Waals surface area contributed by atoms with Crippen molar-refractivity contribution in [2.45, 2.75) is 45.6 Å². The van der Waals surface area contributed by atoms with Gasteiger partial charge in [0, 0.05) is 13.6 Å². The molecule has 0 heterocycles. The number of aliphatic hydroxyl groups excluding tert-OH is 1. The van der Waals surface area contributed by atoms with Gasteiger partial charge >= 0.3 is 0 Å². The van der Waals surface area contributed by atoms with E-state index in [1.807, 2.05) is 27.7 Å². The first-order valence-electron chi connectivity index (χ1n) is 6.81. The maximum atomic E-state index is 12.5. The van der Waals surface area contributed by atoms with Gasteiger partial charge in [0.2, 0.25) is 10.0 Å². The molecule has 0 aromatic heterocycles. The minimum atomic E-state index is -3.51. The molecule has 1 rings (SSSR count). The van der Waals surface area contributed by atoms with Crippen LogP contribution in [-0.4, -0.2) is 31.4 Å². The Morgan fingerprint density at radius 1 is 1.20 bits per heavy atom. The lowest BCUT2D eigenvalue weighted by Crippen LogP contribution is -2.34. The molecule has 0 unspecified atom stereocenters. The lowest BCUT2D eigenvalue weighted by Gasteiger charge is -2.26. The van der Waals surface area contributed by atoms with E-state index in [0.29, 0.717) is 12.1 Å². The van der Waals surface area contributed by atoms with E-state index in [9.17, 15) is 13.5 Å². The highest BCUT2D eigenvalue weighted by Crippen LogP contribution is 2.23. The molecule has 0 atom stereocenters. The molecule has 4 nitrogen and oxygen atoms in total. The molecule has 0 aliphatic carbocycles. The SMILES string of the molecule is CCc1ccc(S(=O)(=O)N(C)CC(C)(C)C)cc1CO. The van der Waals surface area contributed by atoms with Gasteiger partial charge in [-0.05, 0) is 35.1 Å². The molecule has 5 heteroatoms. The average molecular weight is 299 g/mol. The third kappa shape index (κ3) is 4.04.